The molecule has 2 aliphatic heterocycles. The van der Waals surface area contributed by atoms with Crippen molar-refractivity contribution in [3.63, 3.8) is 0 Å². The lowest BCUT2D eigenvalue weighted by atomic mass is 10.2. The van der Waals surface area contributed by atoms with E-state index in [9.17, 15) is 17.7 Å². The highest BCUT2D eigenvalue weighted by atomic mass is 35.5. The number of morpholine rings is 2. The Hall–Kier alpha value is -1.13. The fourth-order valence-corrected chi connectivity index (χ4v) is 8.28. The molecule has 2 saturated heterocycles. The maximum atomic E-state index is 14.8. The Morgan fingerprint density at radius 1 is 0.939 bits per heavy atom. The van der Waals surface area contributed by atoms with E-state index in [1.165, 1.54) is 4.68 Å². The number of hydrogen-bond donors (Lipinski definition) is 0. The molecule has 7 nitrogen and oxygen atoms in total. The molecule has 13 heteroatoms. The monoisotopic (exact) mass is 526 g/mol. The van der Waals surface area contributed by atoms with Crippen molar-refractivity contribution < 1.29 is 27.2 Å². The van der Waals surface area contributed by atoms with Gasteiger partial charge in [-0.2, -0.15) is 18.3 Å². The normalized spacial score (nSPS) is 19.2. The Bertz CT molecular complexity index is 1040. The third-order valence-electron chi connectivity index (χ3n) is 5.84. The Morgan fingerprint density at radius 2 is 1.39 bits per heavy atom. The Kier molecular flexibility index (Phi) is 7.18. The SMILES string of the molecule is Cc1nn(-c2c(Cl)cc(C(F)(F)F)cc2Cl)c(C)c1P(=O)(N1CCOCC1)N1CCOCC1. The fourth-order valence-electron chi connectivity index (χ4n) is 4.32. The van der Waals surface area contributed by atoms with Crippen LogP contribution in [0, 0.1) is 13.8 Å². The van der Waals surface area contributed by atoms with E-state index in [2.05, 4.69) is 5.10 Å². The first-order chi connectivity index (χ1) is 15.5. The summed E-state index contributed by atoms with van der Waals surface area (Å²) in [5.74, 6) is 0. The van der Waals surface area contributed by atoms with Gasteiger partial charge in [0.2, 0.25) is 7.44 Å². The van der Waals surface area contributed by atoms with E-state index in [-0.39, 0.29) is 15.7 Å². The van der Waals surface area contributed by atoms with Crippen LogP contribution in [0.2, 0.25) is 10.0 Å². The first kappa shape index (κ1) is 25.0. The van der Waals surface area contributed by atoms with E-state index in [0.29, 0.717) is 69.3 Å². The van der Waals surface area contributed by atoms with Gasteiger partial charge in [-0.05, 0) is 26.0 Å². The van der Waals surface area contributed by atoms with Gasteiger partial charge in [0.1, 0.15) is 5.69 Å². The lowest BCUT2D eigenvalue weighted by Gasteiger charge is -2.42. The van der Waals surface area contributed by atoms with Crippen LogP contribution in [-0.4, -0.2) is 71.7 Å². The van der Waals surface area contributed by atoms with Crippen LogP contribution in [0.3, 0.4) is 0 Å². The van der Waals surface area contributed by atoms with Crippen molar-refractivity contribution in [1.82, 2.24) is 19.1 Å². The van der Waals surface area contributed by atoms with Gasteiger partial charge in [-0.15, -0.1) is 0 Å². The van der Waals surface area contributed by atoms with Gasteiger partial charge in [0.25, 0.3) is 0 Å². The average Bonchev–Trinajstić information content (AvgIpc) is 3.07. The number of aryl methyl sites for hydroxylation is 1. The molecular weight excluding hydrogens is 503 g/mol. The second-order valence-corrected chi connectivity index (χ2v) is 11.4. The van der Waals surface area contributed by atoms with Gasteiger partial charge in [-0.25, -0.2) is 14.0 Å². The lowest BCUT2D eigenvalue weighted by molar-refractivity contribution is -0.137. The Labute approximate surface area is 199 Å². The largest absolute Gasteiger partial charge is 0.416 e. The van der Waals surface area contributed by atoms with E-state index >= 15 is 0 Å². The molecule has 182 valence electrons. The number of halogens is 5. The summed E-state index contributed by atoms with van der Waals surface area (Å²) >= 11 is 12.5. The minimum atomic E-state index is -4.59. The predicted molar refractivity (Wildman–Crippen MR) is 120 cm³/mol. The highest BCUT2D eigenvalue weighted by Crippen LogP contribution is 2.54. The zero-order valence-electron chi connectivity index (χ0n) is 18.2. The van der Waals surface area contributed by atoms with Gasteiger partial charge in [0, 0.05) is 26.2 Å². The third-order valence-corrected chi connectivity index (χ3v) is 9.98. The summed E-state index contributed by atoms with van der Waals surface area (Å²) in [6, 6.07) is 1.64. The maximum absolute atomic E-state index is 14.8. The number of benzene rings is 1. The van der Waals surface area contributed by atoms with Gasteiger partial charge < -0.3 is 9.47 Å². The van der Waals surface area contributed by atoms with Crippen LogP contribution in [0.1, 0.15) is 17.0 Å². The summed E-state index contributed by atoms with van der Waals surface area (Å²) in [6.07, 6.45) is -4.59. The zero-order chi connectivity index (χ0) is 24.0. The van der Waals surface area contributed by atoms with Crippen molar-refractivity contribution in [2.24, 2.45) is 0 Å². The standard InChI is InChI=1S/C20H24Cl2F3N4O3P/c1-13-19(33(30,27-3-7-31-8-4-27)28-5-9-32-10-6-28)14(2)29(26-13)18-16(21)11-15(12-17(18)22)20(23,24)25/h11-12H,3-10H2,1-2H3. The van der Waals surface area contributed by atoms with Crippen LogP contribution in [0.5, 0.6) is 0 Å². The van der Waals surface area contributed by atoms with Crippen LogP contribution in [0.4, 0.5) is 13.2 Å². The maximum Gasteiger partial charge on any atom is 0.416 e. The number of nitrogens with zero attached hydrogens (tertiary/aromatic N) is 4. The molecule has 0 unspecified atom stereocenters. The third kappa shape index (κ3) is 4.59. The molecule has 0 saturated carbocycles. The van der Waals surface area contributed by atoms with Crippen LogP contribution in [0.15, 0.2) is 12.1 Å². The van der Waals surface area contributed by atoms with Gasteiger partial charge >= 0.3 is 6.18 Å². The second kappa shape index (κ2) is 9.49. The molecule has 0 bridgehead atoms. The van der Waals surface area contributed by atoms with E-state index in [0.717, 1.165) is 12.1 Å². The summed E-state index contributed by atoms with van der Waals surface area (Å²) in [7, 11) is -3.31. The van der Waals surface area contributed by atoms with E-state index < -0.39 is 19.2 Å². The van der Waals surface area contributed by atoms with Crippen LogP contribution >= 0.6 is 30.6 Å². The number of alkyl halides is 3. The first-order valence-corrected chi connectivity index (χ1v) is 12.8. The van der Waals surface area contributed by atoms with Gasteiger partial charge in [-0.1, -0.05) is 23.2 Å². The van der Waals surface area contributed by atoms with Crippen LogP contribution < -0.4 is 5.30 Å². The molecular formula is C20H24Cl2F3N4O3P. The molecule has 1 aromatic carbocycles. The molecule has 0 aliphatic carbocycles. The number of rotatable bonds is 4. The Balaban J connectivity index is 1.86. The Morgan fingerprint density at radius 3 is 1.82 bits per heavy atom. The zero-order valence-corrected chi connectivity index (χ0v) is 20.6. The van der Waals surface area contributed by atoms with Crippen molar-refractivity contribution in [2.75, 3.05) is 52.6 Å². The molecule has 2 fully saturated rings. The van der Waals surface area contributed by atoms with Crippen molar-refractivity contribution in [3.05, 3.63) is 39.1 Å². The van der Waals surface area contributed by atoms with Crippen LogP contribution in [0.25, 0.3) is 5.69 Å². The number of ether oxygens (including phenoxy) is 2. The highest BCUT2D eigenvalue weighted by Gasteiger charge is 2.44. The highest BCUT2D eigenvalue weighted by molar-refractivity contribution is 7.67. The molecule has 0 N–H and O–H groups in total. The van der Waals surface area contributed by atoms with Gasteiger partial charge in [-0.3, -0.25) is 4.57 Å². The molecule has 33 heavy (non-hydrogen) atoms. The molecule has 2 aliphatic rings. The topological polar surface area (TPSA) is 59.8 Å². The molecule has 0 amide bonds. The molecule has 0 radical (unpaired) electrons. The molecule has 2 aromatic rings. The lowest BCUT2D eigenvalue weighted by Crippen LogP contribution is -2.46. The van der Waals surface area contributed by atoms with E-state index in [1.807, 2.05) is 9.34 Å². The summed E-state index contributed by atoms with van der Waals surface area (Å²) in [5, 5.41) is 4.68. The predicted octanol–water partition coefficient (Wildman–Crippen LogP) is 4.30. The van der Waals surface area contributed by atoms with Crippen molar-refractivity contribution in [2.45, 2.75) is 20.0 Å². The van der Waals surface area contributed by atoms with Crippen molar-refractivity contribution in [3.8, 4) is 5.69 Å². The average molecular weight is 527 g/mol. The number of hydrogen-bond acceptors (Lipinski definition) is 4. The second-order valence-electron chi connectivity index (χ2n) is 7.89. The van der Waals surface area contributed by atoms with Crippen molar-refractivity contribution >= 4 is 35.9 Å². The summed E-state index contributed by atoms with van der Waals surface area (Å²) < 4.78 is 70.6. The fraction of sp³-hybridized carbons (Fsp3) is 0.550. The summed E-state index contributed by atoms with van der Waals surface area (Å²) in [5.41, 5.74) is 0.183. The van der Waals surface area contributed by atoms with Crippen LogP contribution in [-0.2, 0) is 20.2 Å². The summed E-state index contributed by atoms with van der Waals surface area (Å²) in [6.45, 7) is 7.23. The van der Waals surface area contributed by atoms with Gasteiger partial charge in [0.05, 0.1) is 58.7 Å². The molecule has 3 heterocycles. The minimum absolute atomic E-state index is 0.119. The summed E-state index contributed by atoms with van der Waals surface area (Å²) in [4.78, 5) is 0. The van der Waals surface area contributed by atoms with Crippen molar-refractivity contribution in [1.29, 1.82) is 0 Å². The molecule has 1 aromatic heterocycles. The quantitative estimate of drug-likeness (QED) is 0.553. The molecule has 4 rings (SSSR count). The molecule has 0 spiro atoms. The van der Waals surface area contributed by atoms with Gasteiger partial charge in [0.15, 0.2) is 0 Å². The first-order valence-electron chi connectivity index (χ1n) is 10.4. The van der Waals surface area contributed by atoms with E-state index in [4.69, 9.17) is 32.7 Å². The molecule has 0 atom stereocenters. The number of aromatic nitrogens is 2. The minimum Gasteiger partial charge on any atom is -0.379 e. The smallest absolute Gasteiger partial charge is 0.379 e. The van der Waals surface area contributed by atoms with E-state index in [1.54, 1.807) is 13.8 Å².